The lowest BCUT2D eigenvalue weighted by Crippen LogP contribution is -2.09. The second kappa shape index (κ2) is 6.82. The van der Waals surface area contributed by atoms with E-state index in [1.54, 1.807) is 29.8 Å². The summed E-state index contributed by atoms with van der Waals surface area (Å²) in [5, 5.41) is 4.46. The predicted octanol–water partition coefficient (Wildman–Crippen LogP) is 5.77. The molecule has 3 nitrogen and oxygen atoms in total. The van der Waals surface area contributed by atoms with Crippen LogP contribution in [0.2, 0.25) is 5.02 Å². The smallest absolute Gasteiger partial charge is 0.142 e. The topological polar surface area (TPSA) is 37.8 Å². The summed E-state index contributed by atoms with van der Waals surface area (Å²) in [6.07, 6.45) is 4.93. The molecule has 7 heteroatoms. The zero-order valence-corrected chi connectivity index (χ0v) is 15.4. The zero-order valence-electron chi connectivity index (χ0n) is 13.0. The standard InChI is InChI=1S/C17H15ClFN3S.ClH/c1-9-2-4-11-14(6-9)23-17-15(11)16(20-8-21-17)22-10-3-5-13(19)12(18)7-10;/h3,5,7-9H,2,4,6H2,1H3,(H,20,21,22);1H. The Morgan fingerprint density at radius 2 is 2.17 bits per heavy atom. The van der Waals surface area contributed by atoms with Crippen LogP contribution in [0.3, 0.4) is 0 Å². The maximum Gasteiger partial charge on any atom is 0.142 e. The molecule has 1 N–H and O–H groups in total. The molecule has 2 aromatic heterocycles. The van der Waals surface area contributed by atoms with Gasteiger partial charge in [-0.15, -0.1) is 23.7 Å². The molecule has 0 saturated carbocycles. The maximum absolute atomic E-state index is 13.3. The first-order valence-corrected chi connectivity index (χ1v) is 8.78. The van der Waals surface area contributed by atoms with Gasteiger partial charge < -0.3 is 5.32 Å². The van der Waals surface area contributed by atoms with Crippen molar-refractivity contribution < 1.29 is 4.39 Å². The minimum atomic E-state index is -0.424. The molecule has 1 unspecified atom stereocenters. The van der Waals surface area contributed by atoms with Crippen LogP contribution in [0.15, 0.2) is 24.5 Å². The number of fused-ring (bicyclic) bond motifs is 3. The second-order valence-electron chi connectivity index (χ2n) is 6.01. The van der Waals surface area contributed by atoms with Gasteiger partial charge >= 0.3 is 0 Å². The molecule has 1 atom stereocenters. The first-order chi connectivity index (χ1) is 11.1. The van der Waals surface area contributed by atoms with Crippen LogP contribution in [0.1, 0.15) is 23.8 Å². The van der Waals surface area contributed by atoms with Crippen LogP contribution in [0.5, 0.6) is 0 Å². The molecule has 3 aromatic rings. The lowest BCUT2D eigenvalue weighted by atomic mass is 9.89. The molecule has 1 aliphatic carbocycles. The summed E-state index contributed by atoms with van der Waals surface area (Å²) in [6.45, 7) is 2.29. The molecule has 0 amide bonds. The van der Waals surface area contributed by atoms with Gasteiger partial charge in [0.05, 0.1) is 10.4 Å². The molecule has 4 rings (SSSR count). The van der Waals surface area contributed by atoms with E-state index in [0.29, 0.717) is 0 Å². The largest absolute Gasteiger partial charge is 0.340 e. The molecule has 0 saturated heterocycles. The first kappa shape index (κ1) is 17.4. The van der Waals surface area contributed by atoms with Gasteiger partial charge in [0, 0.05) is 10.6 Å². The normalized spacial score (nSPS) is 16.5. The predicted molar refractivity (Wildman–Crippen MR) is 101 cm³/mol. The number of aromatic nitrogens is 2. The number of nitrogens with zero attached hydrogens (tertiary/aromatic N) is 2. The molecular weight excluding hydrogens is 368 g/mol. The fourth-order valence-corrected chi connectivity index (χ4v) is 4.61. The summed E-state index contributed by atoms with van der Waals surface area (Å²) in [4.78, 5) is 11.3. The Bertz CT molecular complexity index is 897. The van der Waals surface area contributed by atoms with Crippen molar-refractivity contribution in [1.29, 1.82) is 0 Å². The number of nitrogens with one attached hydrogen (secondary N) is 1. The van der Waals surface area contributed by atoms with Crippen LogP contribution in [-0.2, 0) is 12.8 Å². The Labute approximate surface area is 154 Å². The van der Waals surface area contributed by atoms with E-state index in [9.17, 15) is 4.39 Å². The number of benzene rings is 1. The lowest BCUT2D eigenvalue weighted by Gasteiger charge is -2.18. The van der Waals surface area contributed by atoms with E-state index in [2.05, 4.69) is 22.2 Å². The van der Waals surface area contributed by atoms with Gasteiger partial charge in [-0.05, 0) is 48.9 Å². The Hall–Kier alpha value is -1.43. The van der Waals surface area contributed by atoms with Crippen LogP contribution in [-0.4, -0.2) is 9.97 Å². The third kappa shape index (κ3) is 3.08. The third-order valence-electron chi connectivity index (χ3n) is 4.27. The Balaban J connectivity index is 0.00000169. The summed E-state index contributed by atoms with van der Waals surface area (Å²) in [5.41, 5.74) is 2.08. The summed E-state index contributed by atoms with van der Waals surface area (Å²) in [7, 11) is 0. The molecule has 2 heterocycles. The second-order valence-corrected chi connectivity index (χ2v) is 7.50. The van der Waals surface area contributed by atoms with Gasteiger partial charge in [-0.3, -0.25) is 0 Å². The van der Waals surface area contributed by atoms with E-state index in [-0.39, 0.29) is 17.4 Å². The Kier molecular flexibility index (Phi) is 4.95. The third-order valence-corrected chi connectivity index (χ3v) is 5.73. The molecule has 1 aromatic carbocycles. The molecule has 0 radical (unpaired) electrons. The summed E-state index contributed by atoms with van der Waals surface area (Å²) >= 11 is 7.62. The summed E-state index contributed by atoms with van der Waals surface area (Å²) in [6, 6.07) is 4.59. The van der Waals surface area contributed by atoms with Gasteiger partial charge in [0.25, 0.3) is 0 Å². The average molecular weight is 384 g/mol. The molecule has 0 fully saturated rings. The quantitative estimate of drug-likeness (QED) is 0.609. The van der Waals surface area contributed by atoms with E-state index in [1.807, 2.05) is 0 Å². The average Bonchev–Trinajstić information content (AvgIpc) is 2.89. The maximum atomic E-state index is 13.3. The Morgan fingerprint density at radius 3 is 2.96 bits per heavy atom. The number of anilines is 2. The van der Waals surface area contributed by atoms with Crippen LogP contribution < -0.4 is 5.32 Å². The minimum absolute atomic E-state index is 0. The lowest BCUT2D eigenvalue weighted by molar-refractivity contribution is 0.509. The van der Waals surface area contributed by atoms with Crippen molar-refractivity contribution in [3.63, 3.8) is 0 Å². The van der Waals surface area contributed by atoms with Crippen molar-refractivity contribution in [2.24, 2.45) is 5.92 Å². The van der Waals surface area contributed by atoms with E-state index < -0.39 is 5.82 Å². The van der Waals surface area contributed by atoms with Crippen LogP contribution in [0.4, 0.5) is 15.9 Å². The zero-order chi connectivity index (χ0) is 16.0. The van der Waals surface area contributed by atoms with Crippen molar-refractivity contribution in [2.75, 3.05) is 5.32 Å². The van der Waals surface area contributed by atoms with Crippen molar-refractivity contribution in [3.05, 3.63) is 45.8 Å². The van der Waals surface area contributed by atoms with E-state index >= 15 is 0 Å². The van der Waals surface area contributed by atoms with Crippen molar-refractivity contribution in [2.45, 2.75) is 26.2 Å². The Morgan fingerprint density at radius 1 is 1.33 bits per heavy atom. The fourth-order valence-electron chi connectivity index (χ4n) is 3.08. The highest BCUT2D eigenvalue weighted by atomic mass is 35.5. The molecule has 1 aliphatic rings. The van der Waals surface area contributed by atoms with Gasteiger partial charge in [-0.25, -0.2) is 14.4 Å². The van der Waals surface area contributed by atoms with Crippen LogP contribution in [0.25, 0.3) is 10.2 Å². The van der Waals surface area contributed by atoms with Gasteiger partial charge in [-0.2, -0.15) is 0 Å². The molecule has 0 aliphatic heterocycles. The summed E-state index contributed by atoms with van der Waals surface area (Å²) < 4.78 is 13.3. The van der Waals surface area contributed by atoms with E-state index in [0.717, 1.165) is 40.5 Å². The number of halogens is 3. The monoisotopic (exact) mass is 383 g/mol. The summed E-state index contributed by atoms with van der Waals surface area (Å²) in [5.74, 6) is 1.06. The van der Waals surface area contributed by atoms with Crippen molar-refractivity contribution >= 4 is 57.1 Å². The molecule has 126 valence electrons. The fraction of sp³-hybridized carbons (Fsp3) is 0.294. The number of hydrogen-bond donors (Lipinski definition) is 1. The first-order valence-electron chi connectivity index (χ1n) is 7.59. The SMILES string of the molecule is CC1CCc2c(sc3ncnc(Nc4ccc(F)c(Cl)c4)c23)C1.Cl. The highest BCUT2D eigenvalue weighted by Crippen LogP contribution is 2.40. The number of rotatable bonds is 2. The minimum Gasteiger partial charge on any atom is -0.340 e. The number of aryl methyl sites for hydroxylation is 1. The van der Waals surface area contributed by atoms with Gasteiger partial charge in [0.15, 0.2) is 0 Å². The van der Waals surface area contributed by atoms with Crippen molar-refractivity contribution in [3.8, 4) is 0 Å². The molecule has 0 bridgehead atoms. The van der Waals surface area contributed by atoms with Crippen molar-refractivity contribution in [1.82, 2.24) is 9.97 Å². The molecule has 24 heavy (non-hydrogen) atoms. The molecule has 0 spiro atoms. The molecular formula is C17H16Cl2FN3S. The van der Waals surface area contributed by atoms with Gasteiger partial charge in [-0.1, -0.05) is 18.5 Å². The van der Waals surface area contributed by atoms with E-state index in [4.69, 9.17) is 11.6 Å². The van der Waals surface area contributed by atoms with Gasteiger partial charge in [0.1, 0.15) is 22.8 Å². The highest BCUT2D eigenvalue weighted by molar-refractivity contribution is 7.19. The van der Waals surface area contributed by atoms with E-state index in [1.165, 1.54) is 22.9 Å². The van der Waals surface area contributed by atoms with Crippen LogP contribution in [0, 0.1) is 11.7 Å². The number of thiophene rings is 1. The highest BCUT2D eigenvalue weighted by Gasteiger charge is 2.23. The van der Waals surface area contributed by atoms with Gasteiger partial charge in [0.2, 0.25) is 0 Å². The van der Waals surface area contributed by atoms with Crippen LogP contribution >= 0.6 is 35.3 Å². The number of hydrogen-bond acceptors (Lipinski definition) is 4.